The molecule has 0 aromatic heterocycles. The molecule has 1 amide bonds. The molecule has 1 unspecified atom stereocenters. The van der Waals surface area contributed by atoms with Crippen molar-refractivity contribution in [1.29, 1.82) is 0 Å². The number of ether oxygens (including phenoxy) is 1. The molecule has 3 rings (SSSR count). The van der Waals surface area contributed by atoms with Gasteiger partial charge in [0, 0.05) is 42.2 Å². The normalized spacial score (nSPS) is 27.0. The molecule has 1 aromatic carbocycles. The predicted molar refractivity (Wildman–Crippen MR) is 111 cm³/mol. The van der Waals surface area contributed by atoms with Gasteiger partial charge in [0.1, 0.15) is 6.04 Å². The summed E-state index contributed by atoms with van der Waals surface area (Å²) in [6.07, 6.45) is 0.935. The maximum absolute atomic E-state index is 13.6. The summed E-state index contributed by atoms with van der Waals surface area (Å²) in [6, 6.07) is 2.83. The van der Waals surface area contributed by atoms with E-state index in [4.69, 9.17) is 27.9 Å². The van der Waals surface area contributed by atoms with Crippen molar-refractivity contribution in [2.24, 2.45) is 5.92 Å². The number of rotatable bonds is 6. The van der Waals surface area contributed by atoms with Gasteiger partial charge in [0.05, 0.1) is 17.6 Å². The molecule has 162 valence electrons. The van der Waals surface area contributed by atoms with Crippen LogP contribution < -0.4 is 0 Å². The van der Waals surface area contributed by atoms with Crippen LogP contribution >= 0.6 is 23.2 Å². The molecule has 2 heterocycles. The third-order valence-corrected chi connectivity index (χ3v) is 8.08. The van der Waals surface area contributed by atoms with Crippen LogP contribution in [0.2, 0.25) is 10.0 Å². The molecule has 1 N–H and O–H groups in total. The van der Waals surface area contributed by atoms with E-state index in [1.54, 1.807) is 18.9 Å². The van der Waals surface area contributed by atoms with Crippen LogP contribution in [0.4, 0.5) is 0 Å². The lowest BCUT2D eigenvalue weighted by molar-refractivity contribution is -0.135. The van der Waals surface area contributed by atoms with Gasteiger partial charge in [-0.25, -0.2) is 8.42 Å². The highest BCUT2D eigenvalue weighted by molar-refractivity contribution is 7.89. The van der Waals surface area contributed by atoms with E-state index in [0.29, 0.717) is 32.4 Å². The van der Waals surface area contributed by atoms with Crippen molar-refractivity contribution in [2.45, 2.75) is 49.3 Å². The molecule has 0 aliphatic carbocycles. The first kappa shape index (κ1) is 22.8. The van der Waals surface area contributed by atoms with E-state index in [1.807, 2.05) is 0 Å². The summed E-state index contributed by atoms with van der Waals surface area (Å²) >= 11 is 12.1. The first-order valence-corrected chi connectivity index (χ1v) is 11.8. The van der Waals surface area contributed by atoms with E-state index < -0.39 is 34.1 Å². The van der Waals surface area contributed by atoms with E-state index in [1.165, 1.54) is 22.5 Å². The zero-order chi connectivity index (χ0) is 21.3. The first-order valence-electron chi connectivity index (χ1n) is 9.62. The van der Waals surface area contributed by atoms with Gasteiger partial charge < -0.3 is 14.7 Å². The smallest absolute Gasteiger partial charge is 0.244 e. The van der Waals surface area contributed by atoms with Crippen molar-refractivity contribution >= 4 is 39.1 Å². The third-order valence-electron chi connectivity index (χ3n) is 5.73. The standard InChI is InChI=1S/C19H26Cl2N2O5S/c1-12(24)16-11-22(6-7-28-2)19(25)18-5-3-4-17(16)23(18)29(26,27)15-9-13(20)8-14(21)10-15/h8-10,12,16-18,24H,3-7,11H2,1-2H3/t12-,16-,17+,18?/m1/s1. The maximum atomic E-state index is 13.6. The highest BCUT2D eigenvalue weighted by Gasteiger charge is 2.51. The minimum absolute atomic E-state index is 0.0469. The van der Waals surface area contributed by atoms with Gasteiger partial charge in [-0.2, -0.15) is 4.31 Å². The lowest BCUT2D eigenvalue weighted by atomic mass is 9.87. The fourth-order valence-electron chi connectivity index (χ4n) is 4.34. The Balaban J connectivity index is 2.09. The lowest BCUT2D eigenvalue weighted by Gasteiger charge is -2.41. The average molecular weight is 465 g/mol. The van der Waals surface area contributed by atoms with Crippen molar-refractivity contribution < 1.29 is 23.1 Å². The van der Waals surface area contributed by atoms with Gasteiger partial charge >= 0.3 is 0 Å². The minimum atomic E-state index is -4.06. The number of carbonyl (C=O) groups excluding carboxylic acids is 1. The Bertz CT molecular complexity index is 844. The molecular formula is C19H26Cl2N2O5S. The van der Waals surface area contributed by atoms with Crippen LogP contribution in [0.15, 0.2) is 23.1 Å². The van der Waals surface area contributed by atoms with Crippen LogP contribution in [0.3, 0.4) is 0 Å². The Morgan fingerprint density at radius 2 is 1.90 bits per heavy atom. The SMILES string of the molecule is COCCN1C[C@H]([C@@H](C)O)[C@@H]2CCCC(C1=O)N2S(=O)(=O)c1cc(Cl)cc(Cl)c1. The number of hydrogen-bond acceptors (Lipinski definition) is 5. The van der Waals surface area contributed by atoms with Crippen LogP contribution in [-0.2, 0) is 19.6 Å². The van der Waals surface area contributed by atoms with E-state index in [9.17, 15) is 18.3 Å². The Hall–Kier alpha value is -0.900. The molecular weight excluding hydrogens is 439 g/mol. The largest absolute Gasteiger partial charge is 0.393 e. The topological polar surface area (TPSA) is 87.2 Å². The van der Waals surface area contributed by atoms with Gasteiger partial charge in [-0.15, -0.1) is 0 Å². The fourth-order valence-corrected chi connectivity index (χ4v) is 6.94. The van der Waals surface area contributed by atoms with Crippen molar-refractivity contribution in [2.75, 3.05) is 26.8 Å². The number of nitrogens with zero attached hydrogens (tertiary/aromatic N) is 2. The molecule has 0 saturated carbocycles. The second kappa shape index (κ2) is 9.08. The van der Waals surface area contributed by atoms with Crippen molar-refractivity contribution in [3.63, 3.8) is 0 Å². The molecule has 10 heteroatoms. The third kappa shape index (κ3) is 4.57. The van der Waals surface area contributed by atoms with E-state index in [0.717, 1.165) is 0 Å². The molecule has 29 heavy (non-hydrogen) atoms. The Labute approximate surface area is 181 Å². The molecule has 0 radical (unpaired) electrons. The molecule has 4 atom stereocenters. The summed E-state index contributed by atoms with van der Waals surface area (Å²) in [5.41, 5.74) is 0. The number of methoxy groups -OCH3 is 1. The van der Waals surface area contributed by atoms with Crippen LogP contribution in [0.5, 0.6) is 0 Å². The highest BCUT2D eigenvalue weighted by Crippen LogP contribution is 2.39. The van der Waals surface area contributed by atoms with E-state index in [2.05, 4.69) is 0 Å². The summed E-state index contributed by atoms with van der Waals surface area (Å²) in [6.45, 7) is 2.61. The number of sulfonamides is 1. The average Bonchev–Trinajstić information content (AvgIpc) is 2.72. The Morgan fingerprint density at radius 3 is 2.48 bits per heavy atom. The van der Waals surface area contributed by atoms with E-state index in [-0.39, 0.29) is 27.4 Å². The number of hydrogen-bond donors (Lipinski definition) is 1. The number of fused-ring (bicyclic) bond motifs is 2. The second-order valence-electron chi connectivity index (χ2n) is 7.64. The first-order chi connectivity index (χ1) is 13.7. The zero-order valence-corrected chi connectivity index (χ0v) is 18.8. The number of halogens is 2. The summed E-state index contributed by atoms with van der Waals surface area (Å²) in [5, 5.41) is 10.9. The van der Waals surface area contributed by atoms with Gasteiger partial charge in [-0.3, -0.25) is 4.79 Å². The van der Waals surface area contributed by atoms with Gasteiger partial charge in [-0.05, 0) is 44.4 Å². The van der Waals surface area contributed by atoms with Crippen molar-refractivity contribution in [1.82, 2.24) is 9.21 Å². The molecule has 2 bridgehead atoms. The van der Waals surface area contributed by atoms with Gasteiger partial charge in [0.25, 0.3) is 0 Å². The Morgan fingerprint density at radius 1 is 1.24 bits per heavy atom. The second-order valence-corrected chi connectivity index (χ2v) is 10.4. The highest BCUT2D eigenvalue weighted by atomic mass is 35.5. The molecule has 2 saturated heterocycles. The van der Waals surface area contributed by atoms with Crippen LogP contribution in [0.1, 0.15) is 26.2 Å². The van der Waals surface area contributed by atoms with Crippen LogP contribution in [0.25, 0.3) is 0 Å². The number of aliphatic hydroxyl groups excluding tert-OH is 1. The van der Waals surface area contributed by atoms with Crippen LogP contribution in [0, 0.1) is 5.92 Å². The van der Waals surface area contributed by atoms with Crippen LogP contribution in [-0.4, -0.2) is 73.6 Å². The van der Waals surface area contributed by atoms with Crippen molar-refractivity contribution in [3.05, 3.63) is 28.2 Å². The maximum Gasteiger partial charge on any atom is 0.244 e. The number of benzene rings is 1. The lowest BCUT2D eigenvalue weighted by Crippen LogP contribution is -2.55. The molecule has 2 aliphatic heterocycles. The fraction of sp³-hybridized carbons (Fsp3) is 0.632. The molecule has 7 nitrogen and oxygen atoms in total. The number of amides is 1. The van der Waals surface area contributed by atoms with Gasteiger partial charge in [0.2, 0.25) is 15.9 Å². The molecule has 0 spiro atoms. The monoisotopic (exact) mass is 464 g/mol. The predicted octanol–water partition coefficient (Wildman–Crippen LogP) is 2.39. The summed E-state index contributed by atoms with van der Waals surface area (Å²) in [7, 11) is -2.51. The van der Waals surface area contributed by atoms with E-state index >= 15 is 0 Å². The summed E-state index contributed by atoms with van der Waals surface area (Å²) < 4.78 is 33.7. The van der Waals surface area contributed by atoms with Gasteiger partial charge in [0.15, 0.2) is 0 Å². The number of aliphatic hydroxyl groups is 1. The molecule has 2 aliphatic rings. The quantitative estimate of drug-likeness (QED) is 0.697. The summed E-state index contributed by atoms with van der Waals surface area (Å²) in [4.78, 5) is 14.9. The number of carbonyl (C=O) groups is 1. The number of piperidine rings is 1. The van der Waals surface area contributed by atoms with Crippen molar-refractivity contribution in [3.8, 4) is 0 Å². The van der Waals surface area contributed by atoms with Gasteiger partial charge in [-0.1, -0.05) is 23.2 Å². The molecule has 1 aromatic rings. The minimum Gasteiger partial charge on any atom is -0.393 e. The molecule has 2 fully saturated rings. The zero-order valence-electron chi connectivity index (χ0n) is 16.4. The Kier molecular flexibility index (Phi) is 7.13. The summed E-state index contributed by atoms with van der Waals surface area (Å²) in [5.74, 6) is -0.669.